The number of fused-ring (bicyclic) bond motifs is 1. The molecule has 0 unspecified atom stereocenters. The standard InChI is InChI=1S/C10H7ClN2O3/c11-5-1-6(7-3-13-16-10(7)12)9-8(2-5)14-4-15-9/h1-3H,4,12H2. The van der Waals surface area contributed by atoms with E-state index in [0.29, 0.717) is 22.1 Å². The molecule has 0 atom stereocenters. The van der Waals surface area contributed by atoms with Gasteiger partial charge in [0.1, 0.15) is 0 Å². The summed E-state index contributed by atoms with van der Waals surface area (Å²) in [5.74, 6) is 1.43. The van der Waals surface area contributed by atoms with E-state index in [-0.39, 0.29) is 12.7 Å². The number of hydrogen-bond acceptors (Lipinski definition) is 5. The summed E-state index contributed by atoms with van der Waals surface area (Å²) in [5.41, 5.74) is 7.01. The number of nitrogens with zero attached hydrogens (tertiary/aromatic N) is 1. The predicted octanol–water partition coefficient (Wildman–Crippen LogP) is 2.31. The fourth-order valence-corrected chi connectivity index (χ4v) is 1.84. The molecule has 0 saturated heterocycles. The molecule has 1 aliphatic rings. The third-order valence-corrected chi connectivity index (χ3v) is 2.54. The van der Waals surface area contributed by atoms with E-state index >= 15 is 0 Å². The maximum Gasteiger partial charge on any atom is 0.231 e. The Morgan fingerprint density at radius 1 is 1.25 bits per heavy atom. The van der Waals surface area contributed by atoms with E-state index in [0.717, 1.165) is 5.56 Å². The molecule has 0 aliphatic carbocycles. The molecule has 16 heavy (non-hydrogen) atoms. The molecule has 0 amide bonds. The molecule has 6 heteroatoms. The van der Waals surface area contributed by atoms with E-state index in [1.54, 1.807) is 12.1 Å². The molecule has 1 aromatic carbocycles. The van der Waals surface area contributed by atoms with Crippen molar-refractivity contribution in [2.45, 2.75) is 0 Å². The van der Waals surface area contributed by atoms with Gasteiger partial charge in [-0.1, -0.05) is 16.8 Å². The van der Waals surface area contributed by atoms with Crippen LogP contribution in [0, 0.1) is 0 Å². The quantitative estimate of drug-likeness (QED) is 0.826. The van der Waals surface area contributed by atoms with Crippen molar-refractivity contribution in [2.24, 2.45) is 0 Å². The summed E-state index contributed by atoms with van der Waals surface area (Å²) in [7, 11) is 0. The lowest BCUT2D eigenvalue weighted by molar-refractivity contribution is 0.174. The fraction of sp³-hybridized carbons (Fsp3) is 0.100. The Morgan fingerprint density at radius 3 is 2.88 bits per heavy atom. The fourth-order valence-electron chi connectivity index (χ4n) is 1.63. The number of benzene rings is 1. The topological polar surface area (TPSA) is 70.5 Å². The second kappa shape index (κ2) is 3.31. The van der Waals surface area contributed by atoms with Crippen molar-refractivity contribution in [3.8, 4) is 22.6 Å². The normalized spacial score (nSPS) is 13.1. The van der Waals surface area contributed by atoms with Gasteiger partial charge in [-0.25, -0.2) is 0 Å². The van der Waals surface area contributed by atoms with E-state index in [1.807, 2.05) is 0 Å². The number of nitrogens with two attached hydrogens (primary N) is 1. The molecule has 3 rings (SSSR count). The Balaban J connectivity index is 2.25. The number of rotatable bonds is 1. The van der Waals surface area contributed by atoms with E-state index < -0.39 is 0 Å². The smallest absolute Gasteiger partial charge is 0.231 e. The summed E-state index contributed by atoms with van der Waals surface area (Å²) in [6.07, 6.45) is 1.52. The molecule has 1 aromatic heterocycles. The lowest BCUT2D eigenvalue weighted by Crippen LogP contribution is -1.93. The Hall–Kier alpha value is -1.88. The SMILES string of the molecule is Nc1oncc1-c1cc(Cl)cc2c1OCO2. The number of ether oxygens (including phenoxy) is 2. The summed E-state index contributed by atoms with van der Waals surface area (Å²) in [6.45, 7) is 0.174. The molecule has 5 nitrogen and oxygen atoms in total. The van der Waals surface area contributed by atoms with Crippen LogP contribution >= 0.6 is 11.6 Å². The first-order valence-corrected chi connectivity index (χ1v) is 4.93. The van der Waals surface area contributed by atoms with Crippen LogP contribution < -0.4 is 15.2 Å². The first-order chi connectivity index (χ1) is 7.75. The van der Waals surface area contributed by atoms with E-state index in [4.69, 9.17) is 31.3 Å². The zero-order valence-electron chi connectivity index (χ0n) is 8.07. The molecule has 0 bridgehead atoms. The maximum absolute atomic E-state index is 5.97. The number of halogens is 1. The molecule has 2 heterocycles. The van der Waals surface area contributed by atoms with Gasteiger partial charge in [0.25, 0.3) is 0 Å². The van der Waals surface area contributed by atoms with Crippen molar-refractivity contribution >= 4 is 17.5 Å². The van der Waals surface area contributed by atoms with Crippen LogP contribution in [0.1, 0.15) is 0 Å². The first kappa shape index (κ1) is 9.35. The number of aromatic nitrogens is 1. The van der Waals surface area contributed by atoms with Gasteiger partial charge in [0, 0.05) is 16.7 Å². The number of hydrogen-bond donors (Lipinski definition) is 1. The lowest BCUT2D eigenvalue weighted by Gasteiger charge is -2.04. The first-order valence-electron chi connectivity index (χ1n) is 4.55. The minimum absolute atomic E-state index is 0.174. The highest BCUT2D eigenvalue weighted by atomic mass is 35.5. The van der Waals surface area contributed by atoms with E-state index in [1.165, 1.54) is 6.20 Å². The van der Waals surface area contributed by atoms with Crippen LogP contribution in [-0.2, 0) is 0 Å². The molecule has 0 fully saturated rings. The summed E-state index contributed by atoms with van der Waals surface area (Å²) < 4.78 is 15.4. The molecule has 2 aromatic rings. The summed E-state index contributed by atoms with van der Waals surface area (Å²) in [4.78, 5) is 0. The summed E-state index contributed by atoms with van der Waals surface area (Å²) in [5, 5.41) is 4.16. The highest BCUT2D eigenvalue weighted by Gasteiger charge is 2.22. The van der Waals surface area contributed by atoms with Gasteiger partial charge >= 0.3 is 0 Å². The number of anilines is 1. The van der Waals surface area contributed by atoms with Crippen molar-refractivity contribution in [2.75, 3.05) is 12.5 Å². The summed E-state index contributed by atoms with van der Waals surface area (Å²) in [6, 6.07) is 3.43. The van der Waals surface area contributed by atoms with Gasteiger partial charge in [-0.15, -0.1) is 0 Å². The number of nitrogen functional groups attached to an aromatic ring is 1. The van der Waals surface area contributed by atoms with Crippen molar-refractivity contribution in [3.63, 3.8) is 0 Å². The van der Waals surface area contributed by atoms with Crippen molar-refractivity contribution in [1.29, 1.82) is 0 Å². The van der Waals surface area contributed by atoms with Gasteiger partial charge in [-0.2, -0.15) is 0 Å². The van der Waals surface area contributed by atoms with Crippen LogP contribution in [0.5, 0.6) is 11.5 Å². The van der Waals surface area contributed by atoms with Gasteiger partial charge in [0.2, 0.25) is 12.7 Å². The van der Waals surface area contributed by atoms with E-state index in [2.05, 4.69) is 5.16 Å². The Kier molecular flexibility index (Phi) is 1.94. The van der Waals surface area contributed by atoms with Crippen LogP contribution in [-0.4, -0.2) is 11.9 Å². The Bertz CT molecular complexity index is 553. The van der Waals surface area contributed by atoms with Crippen LogP contribution in [0.25, 0.3) is 11.1 Å². The molecule has 0 saturated carbocycles. The molecular formula is C10H7ClN2O3. The average molecular weight is 239 g/mol. The second-order valence-corrected chi connectivity index (χ2v) is 3.73. The monoisotopic (exact) mass is 238 g/mol. The highest BCUT2D eigenvalue weighted by molar-refractivity contribution is 6.31. The van der Waals surface area contributed by atoms with Crippen LogP contribution in [0.2, 0.25) is 5.02 Å². The van der Waals surface area contributed by atoms with Gasteiger partial charge in [-0.05, 0) is 6.07 Å². The average Bonchev–Trinajstić information content (AvgIpc) is 2.84. The predicted molar refractivity (Wildman–Crippen MR) is 57.5 cm³/mol. The lowest BCUT2D eigenvalue weighted by atomic mass is 10.1. The Morgan fingerprint density at radius 2 is 2.12 bits per heavy atom. The second-order valence-electron chi connectivity index (χ2n) is 3.29. The zero-order chi connectivity index (χ0) is 11.1. The van der Waals surface area contributed by atoms with Crippen LogP contribution in [0.15, 0.2) is 22.9 Å². The van der Waals surface area contributed by atoms with Gasteiger partial charge in [0.15, 0.2) is 11.5 Å². The van der Waals surface area contributed by atoms with Crippen LogP contribution in [0.3, 0.4) is 0 Å². The van der Waals surface area contributed by atoms with Gasteiger partial charge < -0.3 is 19.7 Å². The minimum atomic E-state index is 0.174. The molecule has 2 N–H and O–H groups in total. The molecule has 0 radical (unpaired) electrons. The van der Waals surface area contributed by atoms with Gasteiger partial charge in [-0.3, -0.25) is 0 Å². The minimum Gasteiger partial charge on any atom is -0.454 e. The molecule has 1 aliphatic heterocycles. The third-order valence-electron chi connectivity index (χ3n) is 2.33. The summed E-state index contributed by atoms with van der Waals surface area (Å²) >= 11 is 5.97. The largest absolute Gasteiger partial charge is 0.454 e. The van der Waals surface area contributed by atoms with Crippen molar-refractivity contribution in [1.82, 2.24) is 5.16 Å². The zero-order valence-corrected chi connectivity index (χ0v) is 8.82. The third kappa shape index (κ3) is 1.29. The maximum atomic E-state index is 5.97. The Labute approximate surface area is 95.7 Å². The molecular weight excluding hydrogens is 232 g/mol. The van der Waals surface area contributed by atoms with E-state index in [9.17, 15) is 0 Å². The van der Waals surface area contributed by atoms with Gasteiger partial charge in [0.05, 0.1) is 11.8 Å². The highest BCUT2D eigenvalue weighted by Crippen LogP contribution is 2.44. The molecule has 0 spiro atoms. The van der Waals surface area contributed by atoms with Crippen LogP contribution in [0.4, 0.5) is 5.88 Å². The van der Waals surface area contributed by atoms with Crippen molar-refractivity contribution < 1.29 is 14.0 Å². The van der Waals surface area contributed by atoms with Crippen molar-refractivity contribution in [3.05, 3.63) is 23.4 Å². The molecule has 82 valence electrons.